The molecular weight excluding hydrogens is 387 g/mol. The van der Waals surface area contributed by atoms with Crippen LogP contribution >= 0.6 is 24.8 Å². The van der Waals surface area contributed by atoms with E-state index in [0.29, 0.717) is 13.2 Å². The largest absolute Gasteiger partial charge is 0.366 e. The summed E-state index contributed by atoms with van der Waals surface area (Å²) in [5.41, 5.74) is 4.77. The number of fused-ring (bicyclic) bond motifs is 1. The highest BCUT2D eigenvalue weighted by atomic mass is 35.5. The van der Waals surface area contributed by atoms with Crippen molar-refractivity contribution >= 4 is 42.1 Å². The second kappa shape index (κ2) is 9.19. The third kappa shape index (κ3) is 4.59. The summed E-state index contributed by atoms with van der Waals surface area (Å²) < 4.78 is 7.48. The highest BCUT2D eigenvalue weighted by molar-refractivity contribution is 5.94. The molecule has 0 saturated carbocycles. The Hall–Kier alpha value is -2.12. The Morgan fingerprint density at radius 1 is 1.26 bits per heavy atom. The van der Waals surface area contributed by atoms with Crippen molar-refractivity contribution in [3.63, 3.8) is 0 Å². The highest BCUT2D eigenvalue weighted by Gasteiger charge is 2.21. The van der Waals surface area contributed by atoms with Crippen molar-refractivity contribution in [3.8, 4) is 11.3 Å². The lowest BCUT2D eigenvalue weighted by Gasteiger charge is -2.22. The first-order valence-corrected chi connectivity index (χ1v) is 8.39. The van der Waals surface area contributed by atoms with Gasteiger partial charge in [-0.3, -0.25) is 4.79 Å². The second-order valence-electron chi connectivity index (χ2n) is 6.18. The van der Waals surface area contributed by atoms with Gasteiger partial charge in [-0.05, 0) is 30.7 Å². The lowest BCUT2D eigenvalue weighted by Crippen LogP contribution is -2.45. The van der Waals surface area contributed by atoms with E-state index in [4.69, 9.17) is 9.72 Å². The maximum absolute atomic E-state index is 12.2. The van der Waals surface area contributed by atoms with E-state index in [2.05, 4.69) is 10.6 Å². The summed E-state index contributed by atoms with van der Waals surface area (Å²) in [5, 5.41) is 6.05. The fourth-order valence-electron chi connectivity index (χ4n) is 2.97. The molecule has 2 N–H and O–H groups in total. The Balaban J connectivity index is 0.00000131. The summed E-state index contributed by atoms with van der Waals surface area (Å²) in [6.07, 6.45) is 3.57. The molecule has 0 bridgehead atoms. The van der Waals surface area contributed by atoms with E-state index in [-0.39, 0.29) is 30.7 Å². The van der Waals surface area contributed by atoms with E-state index in [1.54, 1.807) is 0 Å². The molecule has 27 heavy (non-hydrogen) atoms. The normalized spacial score (nSPS) is 16.3. The molecule has 4 rings (SSSR count). The molecule has 0 aliphatic carbocycles. The number of rotatable bonds is 3. The summed E-state index contributed by atoms with van der Waals surface area (Å²) in [4.78, 5) is 16.9. The van der Waals surface area contributed by atoms with Crippen LogP contribution in [0.2, 0.25) is 0 Å². The molecule has 1 atom stereocenters. The number of nitrogens with zero attached hydrogens (tertiary/aromatic N) is 2. The molecule has 6 nitrogen and oxygen atoms in total. The molecule has 144 valence electrons. The molecule has 3 heterocycles. The molecule has 1 fully saturated rings. The van der Waals surface area contributed by atoms with Gasteiger partial charge in [-0.1, -0.05) is 18.2 Å². The highest BCUT2D eigenvalue weighted by Crippen LogP contribution is 2.22. The van der Waals surface area contributed by atoms with Gasteiger partial charge in [0, 0.05) is 36.7 Å². The van der Waals surface area contributed by atoms with Crippen molar-refractivity contribution in [2.75, 3.05) is 25.0 Å². The zero-order valence-electron chi connectivity index (χ0n) is 14.8. The van der Waals surface area contributed by atoms with Gasteiger partial charge in [-0.25, -0.2) is 4.98 Å². The number of aromatic nitrogens is 2. The number of carbonyl (C=O) groups is 1. The lowest BCUT2D eigenvalue weighted by atomic mass is 10.1. The predicted molar refractivity (Wildman–Crippen MR) is 111 cm³/mol. The minimum Gasteiger partial charge on any atom is -0.366 e. The Morgan fingerprint density at radius 2 is 2.04 bits per heavy atom. The number of benzene rings is 1. The van der Waals surface area contributed by atoms with Crippen LogP contribution in [0.4, 0.5) is 5.69 Å². The SMILES string of the molecule is Cc1cccn2cc(-c3ccc(NC(=O)C4CNCCO4)cc3)nc12.Cl.Cl. The average Bonchev–Trinajstić information content (AvgIpc) is 3.09. The monoisotopic (exact) mass is 408 g/mol. The molecule has 3 aromatic rings. The van der Waals surface area contributed by atoms with Crippen LogP contribution in [-0.4, -0.2) is 41.1 Å². The maximum atomic E-state index is 12.2. The van der Waals surface area contributed by atoms with Crippen LogP contribution in [0.1, 0.15) is 5.56 Å². The van der Waals surface area contributed by atoms with Crippen LogP contribution < -0.4 is 10.6 Å². The van der Waals surface area contributed by atoms with Gasteiger partial charge in [0.25, 0.3) is 5.91 Å². The topological polar surface area (TPSA) is 67.7 Å². The van der Waals surface area contributed by atoms with Crippen LogP contribution in [0.5, 0.6) is 0 Å². The molecule has 1 aliphatic heterocycles. The summed E-state index contributed by atoms with van der Waals surface area (Å²) in [6.45, 7) is 3.94. The Labute approximate surface area is 170 Å². The molecule has 0 radical (unpaired) electrons. The summed E-state index contributed by atoms with van der Waals surface area (Å²) in [5.74, 6) is -0.122. The van der Waals surface area contributed by atoms with Crippen molar-refractivity contribution in [2.24, 2.45) is 0 Å². The van der Waals surface area contributed by atoms with Crippen LogP contribution in [-0.2, 0) is 9.53 Å². The lowest BCUT2D eigenvalue weighted by molar-refractivity contribution is -0.128. The zero-order valence-corrected chi connectivity index (χ0v) is 16.5. The van der Waals surface area contributed by atoms with Gasteiger partial charge in [0.2, 0.25) is 0 Å². The van der Waals surface area contributed by atoms with Crippen LogP contribution in [0, 0.1) is 6.92 Å². The van der Waals surface area contributed by atoms with Gasteiger partial charge < -0.3 is 19.8 Å². The minimum atomic E-state index is -0.435. The number of morpholine rings is 1. The fourth-order valence-corrected chi connectivity index (χ4v) is 2.97. The number of anilines is 1. The number of carbonyl (C=O) groups excluding carboxylic acids is 1. The summed E-state index contributed by atoms with van der Waals surface area (Å²) in [6, 6.07) is 11.8. The van der Waals surface area contributed by atoms with Crippen molar-refractivity contribution in [3.05, 3.63) is 54.4 Å². The first kappa shape index (κ1) is 21.2. The number of pyridine rings is 1. The number of aryl methyl sites for hydroxylation is 1. The van der Waals surface area contributed by atoms with E-state index < -0.39 is 6.10 Å². The number of ether oxygens (including phenoxy) is 1. The van der Waals surface area contributed by atoms with Crippen LogP contribution in [0.25, 0.3) is 16.9 Å². The van der Waals surface area contributed by atoms with E-state index in [0.717, 1.165) is 34.7 Å². The van der Waals surface area contributed by atoms with Gasteiger partial charge >= 0.3 is 0 Å². The second-order valence-corrected chi connectivity index (χ2v) is 6.18. The number of hydrogen-bond donors (Lipinski definition) is 2. The number of hydrogen-bond acceptors (Lipinski definition) is 4. The fraction of sp³-hybridized carbons (Fsp3) is 0.263. The summed E-state index contributed by atoms with van der Waals surface area (Å²) in [7, 11) is 0. The molecule has 1 aromatic carbocycles. The smallest absolute Gasteiger partial charge is 0.254 e. The average molecular weight is 409 g/mol. The van der Waals surface area contributed by atoms with E-state index in [1.165, 1.54) is 0 Å². The van der Waals surface area contributed by atoms with Gasteiger partial charge in [0.05, 0.1) is 12.3 Å². The van der Waals surface area contributed by atoms with Gasteiger partial charge in [-0.15, -0.1) is 24.8 Å². The molecule has 1 aliphatic rings. The molecule has 1 amide bonds. The zero-order chi connectivity index (χ0) is 17.2. The first-order valence-electron chi connectivity index (χ1n) is 8.39. The number of imidazole rings is 1. The molecule has 0 spiro atoms. The number of nitrogens with one attached hydrogen (secondary N) is 2. The summed E-state index contributed by atoms with van der Waals surface area (Å²) >= 11 is 0. The minimum absolute atomic E-state index is 0. The van der Waals surface area contributed by atoms with Crippen LogP contribution in [0.3, 0.4) is 0 Å². The van der Waals surface area contributed by atoms with Gasteiger partial charge in [-0.2, -0.15) is 0 Å². The maximum Gasteiger partial charge on any atom is 0.254 e. The standard InChI is InChI=1S/C19H20N4O2.2ClH/c1-13-3-2-9-23-12-16(22-18(13)23)14-4-6-15(7-5-14)21-19(24)17-11-20-8-10-25-17;;/h2-7,9,12,17,20H,8,10-11H2,1H3,(H,21,24);2*1H. The van der Waals surface area contributed by atoms with Crippen molar-refractivity contribution in [2.45, 2.75) is 13.0 Å². The molecule has 2 aromatic heterocycles. The van der Waals surface area contributed by atoms with Crippen molar-refractivity contribution < 1.29 is 9.53 Å². The first-order chi connectivity index (χ1) is 12.2. The van der Waals surface area contributed by atoms with Gasteiger partial charge in [0.1, 0.15) is 11.8 Å². The van der Waals surface area contributed by atoms with Crippen LogP contribution in [0.15, 0.2) is 48.8 Å². The molecule has 1 saturated heterocycles. The third-order valence-electron chi connectivity index (χ3n) is 4.35. The molecule has 8 heteroatoms. The van der Waals surface area contributed by atoms with E-state index in [1.807, 2.05) is 60.1 Å². The third-order valence-corrected chi connectivity index (χ3v) is 4.35. The quantitative estimate of drug-likeness (QED) is 0.698. The van der Waals surface area contributed by atoms with E-state index >= 15 is 0 Å². The van der Waals surface area contributed by atoms with Crippen molar-refractivity contribution in [1.29, 1.82) is 0 Å². The Bertz CT molecular complexity index is 906. The predicted octanol–water partition coefficient (Wildman–Crippen LogP) is 3.08. The Morgan fingerprint density at radius 3 is 2.70 bits per heavy atom. The van der Waals surface area contributed by atoms with Crippen molar-refractivity contribution in [1.82, 2.24) is 14.7 Å². The number of halogens is 2. The number of amides is 1. The van der Waals surface area contributed by atoms with E-state index in [9.17, 15) is 4.79 Å². The molecule has 1 unspecified atom stereocenters. The molecular formula is C19H22Cl2N4O2. The Kier molecular flexibility index (Phi) is 7.21. The van der Waals surface area contributed by atoms with Gasteiger partial charge in [0.15, 0.2) is 0 Å².